The second-order valence-corrected chi connectivity index (χ2v) is 11.9. The van der Waals surface area contributed by atoms with Crippen LogP contribution < -0.4 is 4.74 Å². The number of aliphatic hydroxyl groups is 1. The number of aromatic hydroxyl groups is 1. The first-order valence-corrected chi connectivity index (χ1v) is 14.0. The number of fused-ring (bicyclic) bond motifs is 3. The fraction of sp³-hybridized carbons (Fsp3) is 0.581. The van der Waals surface area contributed by atoms with Crippen LogP contribution in [0.5, 0.6) is 11.5 Å². The van der Waals surface area contributed by atoms with Gasteiger partial charge in [0.25, 0.3) is 5.91 Å². The highest BCUT2D eigenvalue weighted by molar-refractivity contribution is 6.01. The van der Waals surface area contributed by atoms with Gasteiger partial charge in [-0.25, -0.2) is 4.79 Å². The van der Waals surface area contributed by atoms with Gasteiger partial charge in [0.1, 0.15) is 6.04 Å². The van der Waals surface area contributed by atoms with Crippen molar-refractivity contribution in [2.75, 3.05) is 0 Å². The maximum Gasteiger partial charge on any atom is 0.326 e. The molecule has 220 valence electrons. The smallest absolute Gasteiger partial charge is 0.326 e. The Morgan fingerprint density at radius 2 is 1.82 bits per heavy atom. The fourth-order valence-corrected chi connectivity index (χ4v) is 5.53. The quantitative estimate of drug-likeness (QED) is 0.235. The molecule has 2 aliphatic heterocycles. The first kappa shape index (κ1) is 31.2. The molecular formula is C31H43NO8. The summed E-state index contributed by atoms with van der Waals surface area (Å²) >= 11 is 0. The molecule has 0 saturated carbocycles. The summed E-state index contributed by atoms with van der Waals surface area (Å²) in [5.41, 5.74) is 3.34. The SMILES string of the molecule is CC(C)=CCC/C(C)=C/CCC1(C)Cc2c3c(cc(O)c2O[C@@H]1O)C(=O)N(C(CCCC(C)C(=O)O)C(=O)O)C3. The Kier molecular flexibility index (Phi) is 10.1. The number of amides is 1. The van der Waals surface area contributed by atoms with Crippen LogP contribution in [0.1, 0.15) is 101 Å². The summed E-state index contributed by atoms with van der Waals surface area (Å²) in [6.07, 6.45) is 7.64. The molecule has 1 amide bonds. The van der Waals surface area contributed by atoms with E-state index >= 15 is 0 Å². The molecule has 0 fully saturated rings. The number of hydrogen-bond acceptors (Lipinski definition) is 6. The predicted molar refractivity (Wildman–Crippen MR) is 150 cm³/mol. The standard InChI is InChI=1S/C31H43NO8/c1-18(2)9-6-10-19(3)11-8-14-31(5)16-22-23-17-32(24(29(37)38)13-7-12-20(4)28(35)36)27(34)21(23)15-25(33)26(22)40-30(31)39/h9,11,15,20,24,30,33,39H,6-8,10,12-14,16-17H2,1-5H3,(H,35,36)(H,37,38)/b19-11+/t20?,24?,30-,31?/m0/s1. The second kappa shape index (κ2) is 12.9. The third kappa shape index (κ3) is 7.05. The molecule has 2 heterocycles. The van der Waals surface area contributed by atoms with Gasteiger partial charge in [-0.1, -0.05) is 37.1 Å². The highest BCUT2D eigenvalue weighted by atomic mass is 16.6. The average molecular weight is 558 g/mol. The Morgan fingerprint density at radius 1 is 1.12 bits per heavy atom. The normalized spacial score (nSPS) is 21.8. The number of nitrogens with zero attached hydrogens (tertiary/aromatic N) is 1. The Balaban J connectivity index is 1.79. The van der Waals surface area contributed by atoms with Gasteiger partial charge in [0.05, 0.1) is 5.92 Å². The maximum atomic E-state index is 13.3. The van der Waals surface area contributed by atoms with E-state index in [-0.39, 0.29) is 30.0 Å². The number of carbonyl (C=O) groups excluding carboxylic acids is 1. The molecule has 2 aliphatic rings. The van der Waals surface area contributed by atoms with Gasteiger partial charge in [0, 0.05) is 23.1 Å². The van der Waals surface area contributed by atoms with Crippen LogP contribution in [0.4, 0.5) is 0 Å². The minimum atomic E-state index is -1.16. The number of carbonyl (C=O) groups is 3. The Hall–Kier alpha value is -3.33. The van der Waals surface area contributed by atoms with Crippen molar-refractivity contribution >= 4 is 17.8 Å². The van der Waals surface area contributed by atoms with Crippen LogP contribution in [-0.2, 0) is 22.6 Å². The molecule has 3 rings (SSSR count). The number of hydrogen-bond donors (Lipinski definition) is 4. The molecular weight excluding hydrogens is 514 g/mol. The number of carboxylic acids is 2. The summed E-state index contributed by atoms with van der Waals surface area (Å²) in [5.74, 6) is -3.34. The number of rotatable bonds is 13. The van der Waals surface area contributed by atoms with Crippen molar-refractivity contribution in [2.45, 2.75) is 105 Å². The van der Waals surface area contributed by atoms with Crippen LogP contribution in [0.15, 0.2) is 29.4 Å². The van der Waals surface area contributed by atoms with Crippen LogP contribution in [-0.4, -0.2) is 55.5 Å². The van der Waals surface area contributed by atoms with E-state index in [1.165, 1.54) is 22.1 Å². The zero-order valence-electron chi connectivity index (χ0n) is 24.2. The van der Waals surface area contributed by atoms with E-state index in [1.54, 1.807) is 6.92 Å². The largest absolute Gasteiger partial charge is 0.504 e. The van der Waals surface area contributed by atoms with Crippen molar-refractivity contribution in [2.24, 2.45) is 11.3 Å². The van der Waals surface area contributed by atoms with Crippen LogP contribution >= 0.6 is 0 Å². The first-order chi connectivity index (χ1) is 18.7. The van der Waals surface area contributed by atoms with Gasteiger partial charge in [0.15, 0.2) is 11.5 Å². The van der Waals surface area contributed by atoms with Gasteiger partial charge in [-0.15, -0.1) is 0 Å². The highest BCUT2D eigenvalue weighted by Gasteiger charge is 2.45. The zero-order chi connectivity index (χ0) is 29.8. The number of ether oxygens (including phenoxy) is 1. The van der Waals surface area contributed by atoms with Crippen LogP contribution in [0.2, 0.25) is 0 Å². The van der Waals surface area contributed by atoms with Crippen molar-refractivity contribution in [3.63, 3.8) is 0 Å². The molecule has 4 N–H and O–H groups in total. The molecule has 1 aromatic carbocycles. The van der Waals surface area contributed by atoms with E-state index in [1.807, 2.05) is 6.92 Å². The summed E-state index contributed by atoms with van der Waals surface area (Å²) in [4.78, 5) is 37.9. The Bertz CT molecular complexity index is 1200. The molecule has 9 heteroatoms. The van der Waals surface area contributed by atoms with E-state index < -0.39 is 41.5 Å². The number of aliphatic hydroxyl groups excluding tert-OH is 1. The van der Waals surface area contributed by atoms with Crippen molar-refractivity contribution in [1.29, 1.82) is 0 Å². The number of carboxylic acid groups (broad SMARTS) is 2. The van der Waals surface area contributed by atoms with Gasteiger partial charge >= 0.3 is 11.9 Å². The van der Waals surface area contributed by atoms with Crippen LogP contribution in [0.25, 0.3) is 0 Å². The summed E-state index contributed by atoms with van der Waals surface area (Å²) in [6, 6.07) is 0.162. The van der Waals surface area contributed by atoms with Crippen molar-refractivity contribution < 1.29 is 39.5 Å². The number of aliphatic carboxylic acids is 2. The minimum absolute atomic E-state index is 0.0428. The average Bonchev–Trinajstić information content (AvgIpc) is 3.18. The van der Waals surface area contributed by atoms with Crippen LogP contribution in [0, 0.1) is 11.3 Å². The molecule has 0 aromatic heterocycles. The van der Waals surface area contributed by atoms with E-state index in [9.17, 15) is 29.7 Å². The van der Waals surface area contributed by atoms with Crippen LogP contribution in [0.3, 0.4) is 0 Å². The monoisotopic (exact) mass is 557 g/mol. The second-order valence-electron chi connectivity index (χ2n) is 11.9. The van der Waals surface area contributed by atoms with Gasteiger partial charge in [-0.05, 0) is 83.8 Å². The lowest BCUT2D eigenvalue weighted by atomic mass is 9.75. The molecule has 4 atom stereocenters. The number of phenols is 1. The fourth-order valence-electron chi connectivity index (χ4n) is 5.53. The Labute approximate surface area is 236 Å². The van der Waals surface area contributed by atoms with E-state index in [0.717, 1.165) is 19.3 Å². The summed E-state index contributed by atoms with van der Waals surface area (Å²) in [6.45, 7) is 9.78. The third-order valence-corrected chi connectivity index (χ3v) is 8.20. The van der Waals surface area contributed by atoms with Crippen molar-refractivity contribution in [3.05, 3.63) is 46.1 Å². The zero-order valence-corrected chi connectivity index (χ0v) is 24.2. The molecule has 40 heavy (non-hydrogen) atoms. The van der Waals surface area contributed by atoms with Gasteiger partial charge in [-0.3, -0.25) is 9.59 Å². The minimum Gasteiger partial charge on any atom is -0.504 e. The molecule has 9 nitrogen and oxygen atoms in total. The topological polar surface area (TPSA) is 145 Å². The van der Waals surface area contributed by atoms with Crippen molar-refractivity contribution in [3.8, 4) is 11.5 Å². The lowest BCUT2D eigenvalue weighted by Crippen LogP contribution is -2.42. The van der Waals surface area contributed by atoms with E-state index in [4.69, 9.17) is 9.84 Å². The molecule has 1 aromatic rings. The van der Waals surface area contributed by atoms with Gasteiger partial charge in [-0.2, -0.15) is 0 Å². The highest BCUT2D eigenvalue weighted by Crippen LogP contribution is 2.49. The lowest BCUT2D eigenvalue weighted by molar-refractivity contribution is -0.142. The molecule has 0 saturated heterocycles. The lowest BCUT2D eigenvalue weighted by Gasteiger charge is -2.40. The predicted octanol–water partition coefficient (Wildman–Crippen LogP) is 5.42. The molecule has 3 unspecified atom stereocenters. The molecule has 0 aliphatic carbocycles. The number of allylic oxidation sites excluding steroid dienone is 4. The molecule has 0 bridgehead atoms. The van der Waals surface area contributed by atoms with E-state index in [0.29, 0.717) is 36.8 Å². The number of benzene rings is 1. The van der Waals surface area contributed by atoms with Gasteiger partial charge in [0.2, 0.25) is 6.29 Å². The summed E-state index contributed by atoms with van der Waals surface area (Å²) < 4.78 is 5.82. The Morgan fingerprint density at radius 3 is 2.45 bits per heavy atom. The van der Waals surface area contributed by atoms with Crippen molar-refractivity contribution in [1.82, 2.24) is 4.90 Å². The first-order valence-electron chi connectivity index (χ1n) is 14.0. The third-order valence-electron chi connectivity index (χ3n) is 8.20. The van der Waals surface area contributed by atoms with Gasteiger partial charge < -0.3 is 30.1 Å². The number of phenolic OH excluding ortho intramolecular Hbond substituents is 1. The summed E-state index contributed by atoms with van der Waals surface area (Å²) in [5, 5.41) is 40.6. The molecule has 0 spiro atoms. The molecule has 0 radical (unpaired) electrons. The van der Waals surface area contributed by atoms with E-state index in [2.05, 4.69) is 32.9 Å². The summed E-state index contributed by atoms with van der Waals surface area (Å²) in [7, 11) is 0. The maximum absolute atomic E-state index is 13.3.